The van der Waals surface area contributed by atoms with E-state index >= 15 is 0 Å². The predicted octanol–water partition coefficient (Wildman–Crippen LogP) is 3.64. The SMILES string of the molecule is Cc1ccc(-n2ccnc2SCC(=O)N[C@](C)(C#N)C(C)C)c(C)c1. The number of amides is 1. The Morgan fingerprint density at radius 3 is 2.76 bits per heavy atom. The summed E-state index contributed by atoms with van der Waals surface area (Å²) < 4.78 is 1.98. The lowest BCUT2D eigenvalue weighted by Crippen LogP contribution is -2.49. The second-order valence-electron chi connectivity index (χ2n) is 6.68. The first kappa shape index (κ1) is 19.1. The van der Waals surface area contributed by atoms with Gasteiger partial charge in [-0.1, -0.05) is 43.3 Å². The summed E-state index contributed by atoms with van der Waals surface area (Å²) >= 11 is 1.36. The molecule has 0 bridgehead atoms. The summed E-state index contributed by atoms with van der Waals surface area (Å²) in [7, 11) is 0. The van der Waals surface area contributed by atoms with Crippen LogP contribution in [0.4, 0.5) is 0 Å². The number of rotatable bonds is 6. The van der Waals surface area contributed by atoms with E-state index in [9.17, 15) is 10.1 Å². The van der Waals surface area contributed by atoms with Crippen LogP contribution in [0.3, 0.4) is 0 Å². The topological polar surface area (TPSA) is 70.7 Å². The minimum atomic E-state index is -0.861. The van der Waals surface area contributed by atoms with Crippen LogP contribution in [0.1, 0.15) is 31.9 Å². The van der Waals surface area contributed by atoms with Crippen molar-refractivity contribution in [3.05, 3.63) is 41.7 Å². The van der Waals surface area contributed by atoms with Gasteiger partial charge in [0.15, 0.2) is 5.16 Å². The first-order valence-corrected chi connectivity index (χ1v) is 9.21. The molecular formula is C19H24N4OS. The van der Waals surface area contributed by atoms with Crippen molar-refractivity contribution < 1.29 is 4.79 Å². The number of nitrogens with zero attached hydrogens (tertiary/aromatic N) is 3. The van der Waals surface area contributed by atoms with Crippen molar-refractivity contribution in [2.45, 2.75) is 45.3 Å². The van der Waals surface area contributed by atoms with Gasteiger partial charge in [0.25, 0.3) is 0 Å². The molecule has 2 aromatic rings. The van der Waals surface area contributed by atoms with Gasteiger partial charge in [-0.2, -0.15) is 5.26 Å². The summed E-state index contributed by atoms with van der Waals surface area (Å²) in [6, 6.07) is 8.43. The molecular weight excluding hydrogens is 332 g/mol. The van der Waals surface area contributed by atoms with Crippen LogP contribution in [0.2, 0.25) is 0 Å². The highest BCUT2D eigenvalue weighted by atomic mass is 32.2. The summed E-state index contributed by atoms with van der Waals surface area (Å²) in [5, 5.41) is 12.9. The average Bonchev–Trinajstić information content (AvgIpc) is 3.01. The zero-order chi connectivity index (χ0) is 18.6. The first-order valence-electron chi connectivity index (χ1n) is 8.23. The molecule has 1 N–H and O–H groups in total. The van der Waals surface area contributed by atoms with Crippen LogP contribution in [-0.2, 0) is 4.79 Å². The zero-order valence-electron chi connectivity index (χ0n) is 15.3. The highest BCUT2D eigenvalue weighted by Crippen LogP contribution is 2.24. The molecule has 2 rings (SSSR count). The second-order valence-corrected chi connectivity index (χ2v) is 7.62. The lowest BCUT2D eigenvalue weighted by molar-refractivity contribution is -0.120. The smallest absolute Gasteiger partial charge is 0.231 e. The number of aromatic nitrogens is 2. The lowest BCUT2D eigenvalue weighted by atomic mass is 9.90. The molecule has 5 nitrogen and oxygen atoms in total. The molecule has 1 aromatic heterocycles. The van der Waals surface area contributed by atoms with E-state index in [1.54, 1.807) is 13.1 Å². The number of nitrogens with one attached hydrogen (secondary N) is 1. The van der Waals surface area contributed by atoms with E-state index in [4.69, 9.17) is 0 Å². The summed E-state index contributed by atoms with van der Waals surface area (Å²) in [6.07, 6.45) is 3.62. The summed E-state index contributed by atoms with van der Waals surface area (Å²) in [5.41, 5.74) is 2.55. The van der Waals surface area contributed by atoms with Crippen LogP contribution < -0.4 is 5.32 Å². The fourth-order valence-corrected chi connectivity index (χ4v) is 3.18. The Morgan fingerprint density at radius 1 is 1.44 bits per heavy atom. The Labute approximate surface area is 153 Å². The number of carbonyl (C=O) groups excluding carboxylic acids is 1. The number of benzene rings is 1. The number of hydrogen-bond acceptors (Lipinski definition) is 4. The monoisotopic (exact) mass is 356 g/mol. The Balaban J connectivity index is 2.09. The van der Waals surface area contributed by atoms with Crippen molar-refractivity contribution in [2.75, 3.05) is 5.75 Å². The van der Waals surface area contributed by atoms with Gasteiger partial charge in [0.2, 0.25) is 5.91 Å². The van der Waals surface area contributed by atoms with Gasteiger partial charge in [-0.25, -0.2) is 4.98 Å². The van der Waals surface area contributed by atoms with Crippen LogP contribution in [0.25, 0.3) is 5.69 Å². The van der Waals surface area contributed by atoms with Gasteiger partial charge in [0.05, 0.1) is 17.5 Å². The third kappa shape index (κ3) is 4.43. The van der Waals surface area contributed by atoms with Gasteiger partial charge in [-0.15, -0.1) is 0 Å². The third-order valence-electron chi connectivity index (χ3n) is 4.34. The number of thioether (sulfide) groups is 1. The van der Waals surface area contributed by atoms with E-state index in [0.29, 0.717) is 0 Å². The molecule has 0 aliphatic heterocycles. The normalized spacial score (nSPS) is 13.3. The fraction of sp³-hybridized carbons (Fsp3) is 0.421. The summed E-state index contributed by atoms with van der Waals surface area (Å²) in [5.74, 6) is 0.0768. The van der Waals surface area contributed by atoms with Crippen molar-refractivity contribution in [3.63, 3.8) is 0 Å². The van der Waals surface area contributed by atoms with Gasteiger partial charge >= 0.3 is 0 Å². The van der Waals surface area contributed by atoms with Gasteiger partial charge < -0.3 is 5.32 Å². The average molecular weight is 356 g/mol. The van der Waals surface area contributed by atoms with Crippen molar-refractivity contribution >= 4 is 17.7 Å². The van der Waals surface area contributed by atoms with Crippen LogP contribution in [0.15, 0.2) is 35.7 Å². The molecule has 0 aliphatic rings. The maximum atomic E-state index is 12.3. The molecule has 0 saturated carbocycles. The molecule has 132 valence electrons. The fourth-order valence-electron chi connectivity index (χ4n) is 2.41. The number of aryl methyl sites for hydroxylation is 2. The van der Waals surface area contributed by atoms with Crippen molar-refractivity contribution in [1.82, 2.24) is 14.9 Å². The third-order valence-corrected chi connectivity index (χ3v) is 5.30. The van der Waals surface area contributed by atoms with Crippen molar-refractivity contribution in [3.8, 4) is 11.8 Å². The molecule has 0 aliphatic carbocycles. The highest BCUT2D eigenvalue weighted by molar-refractivity contribution is 7.99. The van der Waals surface area contributed by atoms with E-state index in [1.807, 2.05) is 24.6 Å². The molecule has 0 spiro atoms. The van der Waals surface area contributed by atoms with Crippen LogP contribution in [0, 0.1) is 31.1 Å². The number of imidazole rings is 1. The molecule has 0 saturated heterocycles. The van der Waals surface area contributed by atoms with E-state index in [2.05, 4.69) is 48.4 Å². The number of carbonyl (C=O) groups is 1. The highest BCUT2D eigenvalue weighted by Gasteiger charge is 2.29. The predicted molar refractivity (Wildman–Crippen MR) is 101 cm³/mol. The summed E-state index contributed by atoms with van der Waals surface area (Å²) in [4.78, 5) is 16.6. The van der Waals surface area contributed by atoms with Crippen molar-refractivity contribution in [2.24, 2.45) is 5.92 Å². The molecule has 0 fully saturated rings. The lowest BCUT2D eigenvalue weighted by Gasteiger charge is -2.27. The molecule has 0 radical (unpaired) electrons. The molecule has 1 amide bonds. The Morgan fingerprint density at radius 2 is 2.16 bits per heavy atom. The number of nitriles is 1. The molecule has 6 heteroatoms. The summed E-state index contributed by atoms with van der Waals surface area (Å²) in [6.45, 7) is 9.71. The first-order chi connectivity index (χ1) is 11.8. The van der Waals surface area contributed by atoms with Gasteiger partial charge in [0.1, 0.15) is 5.54 Å². The Bertz CT molecular complexity index is 806. The molecule has 0 unspecified atom stereocenters. The minimum Gasteiger partial charge on any atom is -0.337 e. The van der Waals surface area contributed by atoms with Crippen molar-refractivity contribution in [1.29, 1.82) is 5.26 Å². The number of hydrogen-bond donors (Lipinski definition) is 1. The van der Waals surface area contributed by atoms with E-state index in [0.717, 1.165) is 16.4 Å². The van der Waals surface area contributed by atoms with Crippen LogP contribution in [-0.4, -0.2) is 26.8 Å². The molecule has 1 heterocycles. The van der Waals surface area contributed by atoms with E-state index in [-0.39, 0.29) is 17.6 Å². The van der Waals surface area contributed by atoms with E-state index in [1.165, 1.54) is 17.3 Å². The Kier molecular flexibility index (Phi) is 5.91. The largest absolute Gasteiger partial charge is 0.337 e. The maximum absolute atomic E-state index is 12.3. The molecule has 25 heavy (non-hydrogen) atoms. The second kappa shape index (κ2) is 7.75. The minimum absolute atomic E-state index is 0.0312. The zero-order valence-corrected chi connectivity index (χ0v) is 16.1. The van der Waals surface area contributed by atoms with Gasteiger partial charge in [-0.3, -0.25) is 9.36 Å². The van der Waals surface area contributed by atoms with E-state index < -0.39 is 5.54 Å². The Hall–Kier alpha value is -2.26. The van der Waals surface area contributed by atoms with Crippen LogP contribution >= 0.6 is 11.8 Å². The maximum Gasteiger partial charge on any atom is 0.231 e. The quantitative estimate of drug-likeness (QED) is 0.802. The molecule has 1 aromatic carbocycles. The van der Waals surface area contributed by atoms with Crippen LogP contribution in [0.5, 0.6) is 0 Å². The van der Waals surface area contributed by atoms with Gasteiger partial charge in [0, 0.05) is 12.4 Å². The molecule has 1 atom stereocenters. The van der Waals surface area contributed by atoms with Gasteiger partial charge in [-0.05, 0) is 38.3 Å². The standard InChI is InChI=1S/C19H24N4OS/c1-13(2)19(5,12-20)22-17(24)11-25-18-21-8-9-23(18)16-7-6-14(3)10-15(16)4/h6-10,13H,11H2,1-5H3,(H,22,24)/t19-/m1/s1.